The first-order valence-corrected chi connectivity index (χ1v) is 8.29. The third-order valence-corrected chi connectivity index (χ3v) is 4.47. The van der Waals surface area contributed by atoms with Crippen LogP contribution in [0.5, 0.6) is 5.75 Å². The minimum Gasteiger partial charge on any atom is -0.492 e. The number of ether oxygens (including phenoxy) is 1. The van der Waals surface area contributed by atoms with Crippen LogP contribution in [0.15, 0.2) is 48.8 Å². The van der Waals surface area contributed by atoms with Gasteiger partial charge in [-0.3, -0.25) is 9.88 Å². The molecule has 1 aromatic heterocycles. The molecule has 0 unspecified atom stereocenters. The average molecular weight is 314 g/mol. The summed E-state index contributed by atoms with van der Waals surface area (Å²) < 4.78 is 18.5. The molecule has 4 heteroatoms. The van der Waals surface area contributed by atoms with Crippen molar-refractivity contribution in [1.82, 2.24) is 9.88 Å². The van der Waals surface area contributed by atoms with E-state index in [0.29, 0.717) is 6.61 Å². The highest BCUT2D eigenvalue weighted by molar-refractivity contribution is 5.22. The number of pyridine rings is 1. The molecule has 1 saturated heterocycles. The van der Waals surface area contributed by atoms with Gasteiger partial charge in [-0.15, -0.1) is 0 Å². The van der Waals surface area contributed by atoms with Crippen LogP contribution in [-0.4, -0.2) is 36.1 Å². The minimum atomic E-state index is -0.228. The Morgan fingerprint density at radius 2 is 1.74 bits per heavy atom. The van der Waals surface area contributed by atoms with Crippen molar-refractivity contribution in [2.75, 3.05) is 26.2 Å². The predicted octanol–water partition coefficient (Wildman–Crippen LogP) is 3.55. The lowest BCUT2D eigenvalue weighted by atomic mass is 9.90. The normalized spacial score (nSPS) is 16.4. The lowest BCUT2D eigenvalue weighted by molar-refractivity contribution is 0.155. The smallest absolute Gasteiger partial charge is 0.123 e. The summed E-state index contributed by atoms with van der Waals surface area (Å²) in [5.41, 5.74) is 1.39. The summed E-state index contributed by atoms with van der Waals surface area (Å²) in [6.07, 6.45) is 7.37. The number of likely N-dealkylation sites (tertiary alicyclic amines) is 1. The molecule has 0 spiro atoms. The number of aromatic nitrogens is 1. The molecule has 3 nitrogen and oxygen atoms in total. The maximum Gasteiger partial charge on any atom is 0.123 e. The molecule has 2 heterocycles. The molecule has 1 aromatic carbocycles. The van der Waals surface area contributed by atoms with Crippen LogP contribution in [0.3, 0.4) is 0 Å². The molecule has 0 bridgehead atoms. The largest absolute Gasteiger partial charge is 0.492 e. The first kappa shape index (κ1) is 15.9. The van der Waals surface area contributed by atoms with Crippen molar-refractivity contribution in [1.29, 1.82) is 0 Å². The molecular formula is C19H23FN2O. The van der Waals surface area contributed by atoms with Crippen molar-refractivity contribution in [3.05, 3.63) is 60.2 Å². The summed E-state index contributed by atoms with van der Waals surface area (Å²) >= 11 is 0. The van der Waals surface area contributed by atoms with Gasteiger partial charge < -0.3 is 4.74 Å². The number of piperidine rings is 1. The molecule has 1 aliphatic rings. The fourth-order valence-corrected chi connectivity index (χ4v) is 3.09. The molecule has 3 rings (SSSR count). The molecule has 122 valence electrons. The number of hydrogen-bond donors (Lipinski definition) is 0. The molecule has 0 N–H and O–H groups in total. The summed E-state index contributed by atoms with van der Waals surface area (Å²) in [5, 5.41) is 0. The highest BCUT2D eigenvalue weighted by Crippen LogP contribution is 2.21. The van der Waals surface area contributed by atoms with E-state index < -0.39 is 0 Å². The van der Waals surface area contributed by atoms with E-state index in [1.807, 2.05) is 12.4 Å². The van der Waals surface area contributed by atoms with Crippen molar-refractivity contribution in [3.8, 4) is 5.75 Å². The monoisotopic (exact) mass is 314 g/mol. The van der Waals surface area contributed by atoms with E-state index in [1.54, 1.807) is 12.1 Å². The van der Waals surface area contributed by atoms with Crippen LogP contribution in [0.4, 0.5) is 4.39 Å². The van der Waals surface area contributed by atoms with Crippen LogP contribution < -0.4 is 4.74 Å². The summed E-state index contributed by atoms with van der Waals surface area (Å²) in [7, 11) is 0. The van der Waals surface area contributed by atoms with Crippen molar-refractivity contribution in [2.45, 2.75) is 19.3 Å². The number of benzene rings is 1. The Bertz CT molecular complexity index is 580. The zero-order valence-electron chi connectivity index (χ0n) is 13.3. The standard InChI is InChI=1S/C19H23FN2O/c20-18-1-3-19(4-2-18)23-14-13-22-11-7-17(8-12-22)15-16-5-9-21-10-6-16/h1-6,9-10,17H,7-8,11-15H2. The van der Waals surface area contributed by atoms with Crippen LogP contribution in [0.1, 0.15) is 18.4 Å². The van der Waals surface area contributed by atoms with Gasteiger partial charge in [-0.1, -0.05) is 0 Å². The Hall–Kier alpha value is -1.94. The SMILES string of the molecule is Fc1ccc(OCCN2CCC(Cc3ccncc3)CC2)cc1. The Labute approximate surface area is 137 Å². The van der Waals surface area contributed by atoms with Gasteiger partial charge in [0.2, 0.25) is 0 Å². The number of nitrogens with zero attached hydrogens (tertiary/aromatic N) is 2. The lowest BCUT2D eigenvalue weighted by Crippen LogP contribution is -2.37. The second kappa shape index (κ2) is 8.06. The van der Waals surface area contributed by atoms with E-state index >= 15 is 0 Å². The maximum absolute atomic E-state index is 12.8. The predicted molar refractivity (Wildman–Crippen MR) is 89.0 cm³/mol. The van der Waals surface area contributed by atoms with Crippen LogP contribution in [0, 0.1) is 11.7 Å². The van der Waals surface area contributed by atoms with Crippen molar-refractivity contribution in [3.63, 3.8) is 0 Å². The third-order valence-electron chi connectivity index (χ3n) is 4.47. The van der Waals surface area contributed by atoms with Crippen LogP contribution in [0.25, 0.3) is 0 Å². The van der Waals surface area contributed by atoms with Crippen LogP contribution in [-0.2, 0) is 6.42 Å². The van der Waals surface area contributed by atoms with Crippen molar-refractivity contribution < 1.29 is 9.13 Å². The maximum atomic E-state index is 12.8. The van der Waals surface area contributed by atoms with Crippen LogP contribution >= 0.6 is 0 Å². The molecule has 2 aromatic rings. The Balaban J connectivity index is 1.35. The van der Waals surface area contributed by atoms with E-state index in [1.165, 1.54) is 30.5 Å². The number of hydrogen-bond acceptors (Lipinski definition) is 3. The molecule has 1 aliphatic heterocycles. The molecule has 0 radical (unpaired) electrons. The van der Waals surface area contributed by atoms with Gasteiger partial charge in [0.05, 0.1) is 0 Å². The molecule has 0 saturated carbocycles. The highest BCUT2D eigenvalue weighted by atomic mass is 19.1. The van der Waals surface area contributed by atoms with Gasteiger partial charge in [-0.05, 0) is 80.2 Å². The second-order valence-electron chi connectivity index (χ2n) is 6.15. The molecule has 0 aliphatic carbocycles. The van der Waals surface area contributed by atoms with E-state index in [0.717, 1.165) is 37.7 Å². The van der Waals surface area contributed by atoms with Gasteiger partial charge >= 0.3 is 0 Å². The topological polar surface area (TPSA) is 25.4 Å². The van der Waals surface area contributed by atoms with E-state index in [4.69, 9.17) is 4.74 Å². The quantitative estimate of drug-likeness (QED) is 0.815. The van der Waals surface area contributed by atoms with Crippen molar-refractivity contribution in [2.24, 2.45) is 5.92 Å². The Morgan fingerprint density at radius 3 is 2.43 bits per heavy atom. The Kier molecular flexibility index (Phi) is 5.59. The molecule has 0 atom stereocenters. The molecule has 0 amide bonds. The second-order valence-corrected chi connectivity index (χ2v) is 6.15. The zero-order chi connectivity index (χ0) is 15.9. The first-order valence-electron chi connectivity index (χ1n) is 8.29. The van der Waals surface area contributed by atoms with Gasteiger partial charge in [0, 0.05) is 18.9 Å². The van der Waals surface area contributed by atoms with E-state index in [2.05, 4.69) is 22.0 Å². The summed E-state index contributed by atoms with van der Waals surface area (Å²) in [6, 6.07) is 10.4. The van der Waals surface area contributed by atoms with E-state index in [-0.39, 0.29) is 5.82 Å². The van der Waals surface area contributed by atoms with Gasteiger partial charge in [0.25, 0.3) is 0 Å². The zero-order valence-corrected chi connectivity index (χ0v) is 13.3. The summed E-state index contributed by atoms with van der Waals surface area (Å²) in [6.45, 7) is 3.84. The summed E-state index contributed by atoms with van der Waals surface area (Å²) in [5.74, 6) is 1.28. The van der Waals surface area contributed by atoms with Gasteiger partial charge in [0.15, 0.2) is 0 Å². The van der Waals surface area contributed by atoms with Crippen LogP contribution in [0.2, 0.25) is 0 Å². The average Bonchev–Trinajstić information content (AvgIpc) is 2.59. The van der Waals surface area contributed by atoms with Crippen molar-refractivity contribution >= 4 is 0 Å². The van der Waals surface area contributed by atoms with Gasteiger partial charge in [-0.25, -0.2) is 4.39 Å². The highest BCUT2D eigenvalue weighted by Gasteiger charge is 2.19. The van der Waals surface area contributed by atoms with E-state index in [9.17, 15) is 4.39 Å². The molecular weight excluding hydrogens is 291 g/mol. The number of rotatable bonds is 6. The first-order chi connectivity index (χ1) is 11.3. The van der Waals surface area contributed by atoms with Gasteiger partial charge in [0.1, 0.15) is 18.2 Å². The molecule has 23 heavy (non-hydrogen) atoms. The summed E-state index contributed by atoms with van der Waals surface area (Å²) in [4.78, 5) is 6.52. The fourth-order valence-electron chi connectivity index (χ4n) is 3.09. The Morgan fingerprint density at radius 1 is 1.04 bits per heavy atom. The molecule has 1 fully saturated rings. The third kappa shape index (κ3) is 5.03. The minimum absolute atomic E-state index is 0.228. The number of halogens is 1. The fraction of sp³-hybridized carbons (Fsp3) is 0.421. The lowest BCUT2D eigenvalue weighted by Gasteiger charge is -2.31. The van der Waals surface area contributed by atoms with Gasteiger partial charge in [-0.2, -0.15) is 0 Å².